The van der Waals surface area contributed by atoms with Gasteiger partial charge in [-0.2, -0.15) is 0 Å². The molecule has 0 fully saturated rings. The molecule has 0 bridgehead atoms. The van der Waals surface area contributed by atoms with Crippen LogP contribution in [-0.2, 0) is 20.7 Å². The third kappa shape index (κ3) is 3.28. The molecule has 0 unspecified atom stereocenters. The molecule has 0 heterocycles. The fraction of sp³-hybridized carbons (Fsp3) is 0.176. The predicted octanol–water partition coefficient (Wildman–Crippen LogP) is 2.95. The number of ether oxygens (including phenoxy) is 2. The smallest absolute Gasteiger partial charge is 0.224 e. The third-order valence-corrected chi connectivity index (χ3v) is 2.92. The van der Waals surface area contributed by atoms with Gasteiger partial charge in [-0.15, -0.1) is 5.73 Å². The lowest BCUT2D eigenvalue weighted by Crippen LogP contribution is -2.09. The molecule has 0 amide bonds. The van der Waals surface area contributed by atoms with Crippen LogP contribution in [-0.4, -0.2) is 20.0 Å². The van der Waals surface area contributed by atoms with Crippen molar-refractivity contribution in [2.45, 2.75) is 6.42 Å². The fourth-order valence-corrected chi connectivity index (χ4v) is 1.88. The zero-order chi connectivity index (χ0) is 14.4. The first kappa shape index (κ1) is 13.9. The highest BCUT2D eigenvalue weighted by molar-refractivity contribution is 6.05. The Balaban J connectivity index is 2.24. The molecule has 2 rings (SSSR count). The standard InChI is InChI=1S/C17H16O3/c1-19-16-12-15(18)17(20-2)11-14(16)10-6-9-13-7-4-3-5-8-13/h3-8,11-12H,9H2,1-2H3. The van der Waals surface area contributed by atoms with Gasteiger partial charge in [0.05, 0.1) is 19.8 Å². The average molecular weight is 268 g/mol. The van der Waals surface area contributed by atoms with Gasteiger partial charge in [0.2, 0.25) is 5.78 Å². The second-order valence-corrected chi connectivity index (χ2v) is 4.24. The summed E-state index contributed by atoms with van der Waals surface area (Å²) in [5, 5.41) is 0. The molecule has 0 aliphatic heterocycles. The molecule has 1 aromatic rings. The summed E-state index contributed by atoms with van der Waals surface area (Å²) in [7, 11) is 3.00. The van der Waals surface area contributed by atoms with E-state index in [1.54, 1.807) is 6.08 Å². The van der Waals surface area contributed by atoms with E-state index < -0.39 is 0 Å². The molecule has 1 aliphatic rings. The zero-order valence-electron chi connectivity index (χ0n) is 11.6. The van der Waals surface area contributed by atoms with Crippen LogP contribution in [0.3, 0.4) is 0 Å². The highest BCUT2D eigenvalue weighted by Gasteiger charge is 2.18. The molecule has 0 N–H and O–H groups in total. The Morgan fingerprint density at radius 1 is 1.05 bits per heavy atom. The Hall–Kier alpha value is -2.51. The van der Waals surface area contributed by atoms with Crippen molar-refractivity contribution in [2.75, 3.05) is 14.2 Å². The Kier molecular flexibility index (Phi) is 4.59. The second-order valence-electron chi connectivity index (χ2n) is 4.24. The minimum Gasteiger partial charge on any atom is -0.495 e. The summed E-state index contributed by atoms with van der Waals surface area (Å²) >= 11 is 0. The zero-order valence-corrected chi connectivity index (χ0v) is 11.6. The van der Waals surface area contributed by atoms with Gasteiger partial charge in [-0.1, -0.05) is 30.3 Å². The van der Waals surface area contributed by atoms with Crippen molar-refractivity contribution in [1.82, 2.24) is 0 Å². The van der Waals surface area contributed by atoms with Crippen molar-refractivity contribution < 1.29 is 14.3 Å². The molecule has 1 aromatic carbocycles. The molecule has 0 aromatic heterocycles. The van der Waals surface area contributed by atoms with Gasteiger partial charge in [-0.3, -0.25) is 4.79 Å². The van der Waals surface area contributed by atoms with Gasteiger partial charge in [0.1, 0.15) is 5.76 Å². The molecule has 20 heavy (non-hydrogen) atoms. The molecule has 102 valence electrons. The number of methoxy groups -OCH3 is 2. The maximum atomic E-state index is 11.6. The monoisotopic (exact) mass is 268 g/mol. The van der Waals surface area contributed by atoms with Crippen molar-refractivity contribution in [1.29, 1.82) is 0 Å². The first-order valence-electron chi connectivity index (χ1n) is 6.29. The molecule has 0 spiro atoms. The highest BCUT2D eigenvalue weighted by Crippen LogP contribution is 2.20. The summed E-state index contributed by atoms with van der Waals surface area (Å²) in [5.74, 6) is 0.597. The van der Waals surface area contributed by atoms with Crippen LogP contribution in [0.1, 0.15) is 5.56 Å². The third-order valence-electron chi connectivity index (χ3n) is 2.92. The number of hydrogen-bond acceptors (Lipinski definition) is 3. The van der Waals surface area contributed by atoms with Gasteiger partial charge < -0.3 is 9.47 Å². The molecule has 0 radical (unpaired) electrons. The maximum absolute atomic E-state index is 11.6. The molecule has 1 aliphatic carbocycles. The number of rotatable bonds is 4. The Morgan fingerprint density at radius 2 is 1.75 bits per heavy atom. The van der Waals surface area contributed by atoms with Gasteiger partial charge >= 0.3 is 0 Å². The number of carbonyl (C=O) groups is 1. The van der Waals surface area contributed by atoms with E-state index in [-0.39, 0.29) is 5.78 Å². The Bertz CT molecular complexity index is 615. The fourth-order valence-electron chi connectivity index (χ4n) is 1.88. The molecule has 3 heteroatoms. The number of carbonyl (C=O) groups excluding carboxylic acids is 1. The molecule has 0 saturated carbocycles. The SMILES string of the molecule is COC1=CC(=C=CCc2ccccc2)C(OC)=CC1=O. The molecular formula is C17H16O3. The van der Waals surface area contributed by atoms with Crippen molar-refractivity contribution in [3.8, 4) is 0 Å². The van der Waals surface area contributed by atoms with Crippen LogP contribution < -0.4 is 0 Å². The minimum atomic E-state index is -0.196. The molecular weight excluding hydrogens is 252 g/mol. The summed E-state index contributed by atoms with van der Waals surface area (Å²) in [6.07, 6.45) is 5.74. The lowest BCUT2D eigenvalue weighted by molar-refractivity contribution is -0.114. The largest absolute Gasteiger partial charge is 0.495 e. The molecule has 3 nitrogen and oxygen atoms in total. The van der Waals surface area contributed by atoms with Gasteiger partial charge in [-0.25, -0.2) is 0 Å². The number of allylic oxidation sites excluding steroid dienone is 2. The minimum absolute atomic E-state index is 0.196. The lowest BCUT2D eigenvalue weighted by atomic mass is 10.1. The van der Waals surface area contributed by atoms with Crippen LogP contribution >= 0.6 is 0 Å². The number of ketones is 1. The van der Waals surface area contributed by atoms with Gasteiger partial charge in [-0.05, 0) is 18.1 Å². The first-order valence-corrected chi connectivity index (χ1v) is 6.29. The van der Waals surface area contributed by atoms with Gasteiger partial charge in [0.25, 0.3) is 0 Å². The van der Waals surface area contributed by atoms with Crippen molar-refractivity contribution in [3.05, 3.63) is 76.9 Å². The first-order chi connectivity index (χ1) is 9.74. The van der Waals surface area contributed by atoms with Crippen LogP contribution in [0.5, 0.6) is 0 Å². The average Bonchev–Trinajstić information content (AvgIpc) is 2.49. The van der Waals surface area contributed by atoms with Crippen LogP contribution in [0.4, 0.5) is 0 Å². The van der Waals surface area contributed by atoms with E-state index in [4.69, 9.17) is 9.47 Å². The van der Waals surface area contributed by atoms with E-state index in [9.17, 15) is 4.79 Å². The lowest BCUT2D eigenvalue weighted by Gasteiger charge is -2.12. The van der Waals surface area contributed by atoms with Crippen LogP contribution in [0.25, 0.3) is 0 Å². The van der Waals surface area contributed by atoms with Gasteiger partial charge in [0.15, 0.2) is 5.76 Å². The van der Waals surface area contributed by atoms with Crippen LogP contribution in [0, 0.1) is 0 Å². The van der Waals surface area contributed by atoms with E-state index in [0.29, 0.717) is 17.1 Å². The summed E-state index contributed by atoms with van der Waals surface area (Å²) in [5.41, 5.74) is 5.05. The quantitative estimate of drug-likeness (QED) is 0.788. The van der Waals surface area contributed by atoms with E-state index in [1.807, 2.05) is 24.3 Å². The van der Waals surface area contributed by atoms with Crippen molar-refractivity contribution in [3.63, 3.8) is 0 Å². The summed E-state index contributed by atoms with van der Waals surface area (Å²) < 4.78 is 10.2. The Morgan fingerprint density at radius 3 is 2.40 bits per heavy atom. The van der Waals surface area contributed by atoms with E-state index in [0.717, 1.165) is 6.42 Å². The number of benzene rings is 1. The second kappa shape index (κ2) is 6.60. The van der Waals surface area contributed by atoms with Crippen molar-refractivity contribution >= 4 is 5.78 Å². The van der Waals surface area contributed by atoms with Crippen LogP contribution in [0.15, 0.2) is 71.4 Å². The van der Waals surface area contributed by atoms with Gasteiger partial charge in [0, 0.05) is 12.2 Å². The molecule has 0 atom stereocenters. The predicted molar refractivity (Wildman–Crippen MR) is 76.9 cm³/mol. The molecule has 0 saturated heterocycles. The maximum Gasteiger partial charge on any atom is 0.224 e. The Labute approximate surface area is 118 Å². The van der Waals surface area contributed by atoms with E-state index in [2.05, 4.69) is 17.9 Å². The van der Waals surface area contributed by atoms with E-state index in [1.165, 1.54) is 25.9 Å². The number of hydrogen-bond donors (Lipinski definition) is 0. The summed E-state index contributed by atoms with van der Waals surface area (Å²) in [4.78, 5) is 11.6. The summed E-state index contributed by atoms with van der Waals surface area (Å²) in [6.45, 7) is 0. The normalized spacial score (nSPS) is 14.1. The van der Waals surface area contributed by atoms with Crippen molar-refractivity contribution in [2.24, 2.45) is 0 Å². The summed E-state index contributed by atoms with van der Waals surface area (Å²) in [6, 6.07) is 10.1. The topological polar surface area (TPSA) is 35.5 Å². The highest BCUT2D eigenvalue weighted by atomic mass is 16.5. The van der Waals surface area contributed by atoms with E-state index >= 15 is 0 Å². The van der Waals surface area contributed by atoms with Crippen LogP contribution in [0.2, 0.25) is 0 Å².